The van der Waals surface area contributed by atoms with Gasteiger partial charge in [0.25, 0.3) is 5.91 Å². The lowest BCUT2D eigenvalue weighted by Gasteiger charge is -2.14. The number of nitrogens with one attached hydrogen (secondary N) is 2. The van der Waals surface area contributed by atoms with Crippen LogP contribution in [0.4, 0.5) is 5.69 Å². The Kier molecular flexibility index (Phi) is 7.60. The first-order chi connectivity index (χ1) is 12.4. The van der Waals surface area contributed by atoms with Gasteiger partial charge in [-0.25, -0.2) is 0 Å². The summed E-state index contributed by atoms with van der Waals surface area (Å²) < 4.78 is 6.54. The molecule has 0 atom stereocenters. The maximum Gasteiger partial charge on any atom is 0.261 e. The van der Waals surface area contributed by atoms with Crippen molar-refractivity contribution < 1.29 is 9.53 Å². The number of rotatable bonds is 6. The maximum atomic E-state index is 12.6. The fourth-order valence-electron chi connectivity index (χ4n) is 2.28. The topological polar surface area (TPSA) is 50.4 Å². The predicted molar refractivity (Wildman–Crippen MR) is 114 cm³/mol. The van der Waals surface area contributed by atoms with Crippen LogP contribution in [0, 0.1) is 13.8 Å². The van der Waals surface area contributed by atoms with Crippen molar-refractivity contribution in [3.8, 4) is 5.75 Å². The van der Waals surface area contributed by atoms with Gasteiger partial charge >= 0.3 is 0 Å². The first kappa shape index (κ1) is 20.4. The number of hydrogen-bond donors (Lipinski definition) is 2. The Hall–Kier alpha value is -1.92. The second-order valence-corrected chi connectivity index (χ2v) is 7.37. The molecule has 0 fully saturated rings. The van der Waals surface area contributed by atoms with Gasteiger partial charge in [0.05, 0.1) is 12.2 Å². The SMILES string of the molecule is CCCCOc1ccc(Br)cc1C(=O)NC(=S)Nc1ccc(C)c(C)c1. The summed E-state index contributed by atoms with van der Waals surface area (Å²) in [5, 5.41) is 6.01. The maximum absolute atomic E-state index is 12.6. The van der Waals surface area contributed by atoms with Crippen molar-refractivity contribution in [2.75, 3.05) is 11.9 Å². The summed E-state index contributed by atoms with van der Waals surface area (Å²) in [4.78, 5) is 12.6. The van der Waals surface area contributed by atoms with Gasteiger partial charge in [-0.1, -0.05) is 35.3 Å². The second-order valence-electron chi connectivity index (χ2n) is 6.05. The molecule has 0 aromatic heterocycles. The van der Waals surface area contributed by atoms with Gasteiger partial charge in [0.1, 0.15) is 5.75 Å². The Bertz CT molecular complexity index is 808. The molecule has 26 heavy (non-hydrogen) atoms. The lowest BCUT2D eigenvalue weighted by atomic mass is 10.1. The number of anilines is 1. The van der Waals surface area contributed by atoms with Crippen LogP contribution in [0.5, 0.6) is 5.75 Å². The molecule has 2 N–H and O–H groups in total. The van der Waals surface area contributed by atoms with Crippen molar-refractivity contribution in [1.82, 2.24) is 5.32 Å². The number of carbonyl (C=O) groups is 1. The molecule has 0 saturated heterocycles. The highest BCUT2D eigenvalue weighted by molar-refractivity contribution is 9.10. The molecular weight excluding hydrogens is 412 g/mol. The van der Waals surface area contributed by atoms with Crippen molar-refractivity contribution in [2.24, 2.45) is 0 Å². The zero-order valence-corrected chi connectivity index (χ0v) is 17.6. The third-order valence-corrected chi connectivity index (χ3v) is 4.63. The molecule has 0 aliphatic carbocycles. The molecule has 138 valence electrons. The van der Waals surface area contributed by atoms with Crippen molar-refractivity contribution in [3.05, 3.63) is 57.6 Å². The number of carbonyl (C=O) groups excluding carboxylic acids is 1. The highest BCUT2D eigenvalue weighted by atomic mass is 79.9. The molecule has 0 saturated carbocycles. The van der Waals surface area contributed by atoms with Crippen molar-refractivity contribution >= 4 is 44.9 Å². The van der Waals surface area contributed by atoms with E-state index in [1.54, 1.807) is 12.1 Å². The fraction of sp³-hybridized carbons (Fsp3) is 0.300. The zero-order valence-electron chi connectivity index (χ0n) is 15.2. The van der Waals surface area contributed by atoms with Crippen LogP contribution in [0.25, 0.3) is 0 Å². The summed E-state index contributed by atoms with van der Waals surface area (Å²) in [5.41, 5.74) is 3.64. The quantitative estimate of drug-likeness (QED) is 0.473. The number of thiocarbonyl (C=S) groups is 1. The van der Waals surface area contributed by atoms with E-state index in [1.807, 2.05) is 38.1 Å². The lowest BCUT2D eigenvalue weighted by molar-refractivity contribution is 0.0973. The van der Waals surface area contributed by atoms with Crippen LogP contribution in [0.2, 0.25) is 0 Å². The summed E-state index contributed by atoms with van der Waals surface area (Å²) in [6.45, 7) is 6.75. The number of hydrogen-bond acceptors (Lipinski definition) is 3. The Morgan fingerprint density at radius 2 is 1.92 bits per heavy atom. The van der Waals surface area contributed by atoms with Gasteiger partial charge in [-0.3, -0.25) is 10.1 Å². The summed E-state index contributed by atoms with van der Waals surface area (Å²) in [7, 11) is 0. The van der Waals surface area contributed by atoms with Gasteiger partial charge in [-0.05, 0) is 73.9 Å². The number of halogens is 1. The predicted octanol–water partition coefficient (Wildman–Crippen LogP) is 5.37. The zero-order chi connectivity index (χ0) is 19.1. The molecule has 0 aliphatic rings. The highest BCUT2D eigenvalue weighted by Gasteiger charge is 2.15. The van der Waals surface area contributed by atoms with Gasteiger partial charge in [-0.2, -0.15) is 0 Å². The molecule has 0 heterocycles. The number of ether oxygens (including phenoxy) is 1. The Labute approximate surface area is 168 Å². The molecule has 0 unspecified atom stereocenters. The number of benzene rings is 2. The third kappa shape index (κ3) is 5.81. The molecule has 4 nitrogen and oxygen atoms in total. The monoisotopic (exact) mass is 434 g/mol. The van der Waals surface area contributed by atoms with E-state index in [-0.39, 0.29) is 11.0 Å². The molecule has 0 bridgehead atoms. The van der Waals surface area contributed by atoms with E-state index >= 15 is 0 Å². The second kappa shape index (κ2) is 9.69. The molecule has 0 aliphatic heterocycles. The lowest BCUT2D eigenvalue weighted by Crippen LogP contribution is -2.34. The fourth-order valence-corrected chi connectivity index (χ4v) is 2.86. The van der Waals surface area contributed by atoms with Crippen LogP contribution < -0.4 is 15.4 Å². The number of amides is 1. The van der Waals surface area contributed by atoms with E-state index in [4.69, 9.17) is 17.0 Å². The van der Waals surface area contributed by atoms with E-state index in [0.717, 1.165) is 28.6 Å². The van der Waals surface area contributed by atoms with Crippen LogP contribution >= 0.6 is 28.1 Å². The average molecular weight is 435 g/mol. The number of unbranched alkanes of at least 4 members (excludes halogenated alkanes) is 1. The van der Waals surface area contributed by atoms with Gasteiger partial charge in [0.15, 0.2) is 5.11 Å². The average Bonchev–Trinajstić information content (AvgIpc) is 2.59. The Morgan fingerprint density at radius 3 is 2.62 bits per heavy atom. The first-order valence-electron chi connectivity index (χ1n) is 8.52. The summed E-state index contributed by atoms with van der Waals surface area (Å²) in [6.07, 6.45) is 1.96. The van der Waals surface area contributed by atoms with Crippen molar-refractivity contribution in [3.63, 3.8) is 0 Å². The summed E-state index contributed by atoms with van der Waals surface area (Å²) >= 11 is 8.67. The molecule has 2 rings (SSSR count). The van der Waals surface area contributed by atoms with E-state index in [2.05, 4.69) is 33.5 Å². The van der Waals surface area contributed by atoms with Crippen LogP contribution in [0.3, 0.4) is 0 Å². The summed E-state index contributed by atoms with van der Waals surface area (Å²) in [5.74, 6) is 0.243. The highest BCUT2D eigenvalue weighted by Crippen LogP contribution is 2.23. The van der Waals surface area contributed by atoms with Gasteiger partial charge < -0.3 is 10.1 Å². The molecule has 2 aromatic carbocycles. The molecular formula is C20H23BrN2O2S. The van der Waals surface area contributed by atoms with E-state index < -0.39 is 0 Å². The molecule has 0 radical (unpaired) electrons. The summed E-state index contributed by atoms with van der Waals surface area (Å²) in [6, 6.07) is 11.3. The minimum absolute atomic E-state index is 0.248. The van der Waals surface area contributed by atoms with E-state index in [1.165, 1.54) is 5.56 Å². The van der Waals surface area contributed by atoms with Crippen LogP contribution in [0.1, 0.15) is 41.3 Å². The molecule has 1 amide bonds. The largest absolute Gasteiger partial charge is 0.493 e. The van der Waals surface area contributed by atoms with Crippen molar-refractivity contribution in [1.29, 1.82) is 0 Å². The van der Waals surface area contributed by atoms with Crippen LogP contribution in [0.15, 0.2) is 40.9 Å². The van der Waals surface area contributed by atoms with E-state index in [9.17, 15) is 4.79 Å². The smallest absolute Gasteiger partial charge is 0.261 e. The van der Waals surface area contributed by atoms with Crippen LogP contribution in [-0.4, -0.2) is 17.6 Å². The van der Waals surface area contributed by atoms with Gasteiger partial charge in [0.2, 0.25) is 0 Å². The van der Waals surface area contributed by atoms with Crippen molar-refractivity contribution in [2.45, 2.75) is 33.6 Å². The van der Waals surface area contributed by atoms with E-state index in [0.29, 0.717) is 17.9 Å². The van der Waals surface area contributed by atoms with Crippen LogP contribution in [-0.2, 0) is 0 Å². The standard InChI is InChI=1S/C20H23BrN2O2S/c1-4-5-10-25-18-9-7-15(21)12-17(18)19(24)23-20(26)22-16-8-6-13(2)14(3)11-16/h6-9,11-12H,4-5,10H2,1-3H3,(H2,22,23,24,26). The molecule has 0 spiro atoms. The molecule has 2 aromatic rings. The Morgan fingerprint density at radius 1 is 1.15 bits per heavy atom. The molecule has 6 heteroatoms. The number of aryl methyl sites for hydroxylation is 2. The first-order valence-corrected chi connectivity index (χ1v) is 9.72. The van der Waals surface area contributed by atoms with Gasteiger partial charge in [0, 0.05) is 10.2 Å². The third-order valence-electron chi connectivity index (χ3n) is 3.93. The minimum Gasteiger partial charge on any atom is -0.493 e. The normalized spacial score (nSPS) is 10.3. The Balaban J connectivity index is 2.07. The van der Waals surface area contributed by atoms with Gasteiger partial charge in [-0.15, -0.1) is 0 Å². The minimum atomic E-state index is -0.306.